The van der Waals surface area contributed by atoms with Crippen LogP contribution in [0.15, 0.2) is 42.5 Å². The molecule has 0 heterocycles. The third-order valence-electron chi connectivity index (χ3n) is 5.44. The summed E-state index contributed by atoms with van der Waals surface area (Å²) in [6.07, 6.45) is 0.834. The number of hydrogen-bond acceptors (Lipinski definition) is 3. The van der Waals surface area contributed by atoms with Crippen molar-refractivity contribution >= 4 is 11.8 Å². The molecule has 162 valence electrons. The molecule has 0 radical (unpaired) electrons. The van der Waals surface area contributed by atoms with E-state index in [0.717, 1.165) is 23.1 Å². The van der Waals surface area contributed by atoms with Crippen molar-refractivity contribution in [3.05, 3.63) is 64.7 Å². The average molecular weight is 411 g/mol. The van der Waals surface area contributed by atoms with Gasteiger partial charge in [-0.2, -0.15) is 0 Å². The quantitative estimate of drug-likeness (QED) is 0.670. The topological polar surface area (TPSA) is 58.6 Å². The second kappa shape index (κ2) is 10.8. The zero-order valence-corrected chi connectivity index (χ0v) is 19.0. The maximum atomic E-state index is 13.1. The van der Waals surface area contributed by atoms with Crippen molar-refractivity contribution in [2.45, 2.75) is 66.6 Å². The lowest BCUT2D eigenvalue weighted by Crippen LogP contribution is -2.50. The predicted octanol–water partition coefficient (Wildman–Crippen LogP) is 4.32. The van der Waals surface area contributed by atoms with Crippen LogP contribution in [0.5, 0.6) is 5.75 Å². The molecule has 0 aliphatic heterocycles. The molecule has 5 nitrogen and oxygen atoms in total. The monoisotopic (exact) mass is 410 g/mol. The van der Waals surface area contributed by atoms with Gasteiger partial charge < -0.3 is 15.0 Å². The van der Waals surface area contributed by atoms with Crippen LogP contribution in [0.1, 0.15) is 49.4 Å². The van der Waals surface area contributed by atoms with E-state index in [0.29, 0.717) is 12.3 Å². The van der Waals surface area contributed by atoms with Gasteiger partial charge in [-0.15, -0.1) is 0 Å². The number of hydrogen-bond donors (Lipinski definition) is 1. The molecule has 0 unspecified atom stereocenters. The molecule has 5 heteroatoms. The predicted molar refractivity (Wildman–Crippen MR) is 120 cm³/mol. The molecule has 0 aliphatic rings. The van der Waals surface area contributed by atoms with Crippen LogP contribution in [0.3, 0.4) is 0 Å². The molecule has 0 saturated carbocycles. The summed E-state index contributed by atoms with van der Waals surface area (Å²) in [4.78, 5) is 27.4. The molecule has 2 aromatic carbocycles. The maximum Gasteiger partial charge on any atom is 0.261 e. The molecule has 0 aliphatic carbocycles. The van der Waals surface area contributed by atoms with Crippen LogP contribution in [0.2, 0.25) is 0 Å². The molecule has 0 fully saturated rings. The number of ether oxygens (including phenoxy) is 1. The number of amides is 2. The van der Waals surface area contributed by atoms with Gasteiger partial charge in [0.1, 0.15) is 11.8 Å². The molecule has 30 heavy (non-hydrogen) atoms. The zero-order chi connectivity index (χ0) is 22.3. The Balaban J connectivity index is 2.16. The molecule has 2 rings (SSSR count). The minimum absolute atomic E-state index is 0.0580. The minimum Gasteiger partial charge on any atom is -0.484 e. The van der Waals surface area contributed by atoms with Crippen LogP contribution >= 0.6 is 0 Å². The van der Waals surface area contributed by atoms with Gasteiger partial charge in [0, 0.05) is 12.6 Å². The van der Waals surface area contributed by atoms with E-state index in [9.17, 15) is 9.59 Å². The zero-order valence-electron chi connectivity index (χ0n) is 19.0. The highest BCUT2D eigenvalue weighted by Crippen LogP contribution is 2.17. The Labute approximate surface area is 180 Å². The first-order chi connectivity index (χ1) is 14.2. The molecule has 2 amide bonds. The first-order valence-electron chi connectivity index (χ1n) is 10.6. The van der Waals surface area contributed by atoms with Gasteiger partial charge in [0.2, 0.25) is 5.91 Å². The van der Waals surface area contributed by atoms with Crippen LogP contribution in [-0.2, 0) is 16.1 Å². The second-order valence-electron chi connectivity index (χ2n) is 8.04. The van der Waals surface area contributed by atoms with Crippen LogP contribution in [0.4, 0.5) is 0 Å². The van der Waals surface area contributed by atoms with E-state index in [4.69, 9.17) is 4.74 Å². The molecule has 2 atom stereocenters. The summed E-state index contributed by atoms with van der Waals surface area (Å²) < 4.78 is 5.76. The van der Waals surface area contributed by atoms with Crippen LogP contribution < -0.4 is 10.1 Å². The Bertz CT molecular complexity index is 878. The fourth-order valence-corrected chi connectivity index (χ4v) is 3.09. The lowest BCUT2D eigenvalue weighted by atomic mass is 10.1. The lowest BCUT2D eigenvalue weighted by molar-refractivity contribution is -0.142. The first-order valence-corrected chi connectivity index (χ1v) is 10.6. The molecular formula is C25H34N2O3. The Hall–Kier alpha value is -2.82. The highest BCUT2D eigenvalue weighted by atomic mass is 16.5. The minimum atomic E-state index is -0.602. The van der Waals surface area contributed by atoms with Crippen molar-refractivity contribution in [3.8, 4) is 5.75 Å². The number of carbonyl (C=O) groups is 2. The Morgan fingerprint density at radius 3 is 2.40 bits per heavy atom. The number of carbonyl (C=O) groups excluding carboxylic acids is 2. The average Bonchev–Trinajstić information content (AvgIpc) is 2.72. The van der Waals surface area contributed by atoms with Crippen molar-refractivity contribution in [1.29, 1.82) is 0 Å². The highest BCUT2D eigenvalue weighted by Gasteiger charge is 2.27. The Kier molecular flexibility index (Phi) is 8.46. The summed E-state index contributed by atoms with van der Waals surface area (Å²) in [7, 11) is 0. The van der Waals surface area contributed by atoms with E-state index in [1.54, 1.807) is 11.8 Å². The molecule has 2 aromatic rings. The van der Waals surface area contributed by atoms with Gasteiger partial charge in [0.05, 0.1) is 0 Å². The number of rotatable bonds is 9. The van der Waals surface area contributed by atoms with Crippen LogP contribution in [0.25, 0.3) is 0 Å². The number of aryl methyl sites for hydroxylation is 3. The molecular weight excluding hydrogens is 376 g/mol. The van der Waals surface area contributed by atoms with E-state index in [1.165, 1.54) is 5.56 Å². The molecule has 0 saturated heterocycles. The van der Waals surface area contributed by atoms with Crippen molar-refractivity contribution < 1.29 is 14.3 Å². The van der Waals surface area contributed by atoms with Crippen molar-refractivity contribution in [1.82, 2.24) is 10.2 Å². The normalized spacial score (nSPS) is 12.7. The third-order valence-corrected chi connectivity index (χ3v) is 5.44. The summed E-state index contributed by atoms with van der Waals surface area (Å²) in [5, 5.41) is 2.98. The van der Waals surface area contributed by atoms with E-state index >= 15 is 0 Å². The van der Waals surface area contributed by atoms with Gasteiger partial charge in [0.25, 0.3) is 5.91 Å². The van der Waals surface area contributed by atoms with E-state index in [-0.39, 0.29) is 24.5 Å². The van der Waals surface area contributed by atoms with Crippen LogP contribution in [-0.4, -0.2) is 35.4 Å². The number of nitrogens with zero attached hydrogens (tertiary/aromatic N) is 1. The van der Waals surface area contributed by atoms with E-state index in [1.807, 2.05) is 77.1 Å². The number of nitrogens with one attached hydrogen (secondary N) is 1. The van der Waals surface area contributed by atoms with Gasteiger partial charge in [-0.3, -0.25) is 9.59 Å². The SMILES string of the molecule is CC[C@@H](C)NC(=O)[C@@H](C)N(Cc1cccc(C)c1)C(=O)COc1ccc(C)c(C)c1. The lowest BCUT2D eigenvalue weighted by Gasteiger charge is -2.29. The van der Waals surface area contributed by atoms with Crippen LogP contribution in [0, 0.1) is 20.8 Å². The largest absolute Gasteiger partial charge is 0.484 e. The van der Waals surface area contributed by atoms with Crippen molar-refractivity contribution in [2.24, 2.45) is 0 Å². The summed E-state index contributed by atoms with van der Waals surface area (Å²) in [5.41, 5.74) is 4.38. The van der Waals surface area contributed by atoms with Gasteiger partial charge in [-0.1, -0.05) is 42.8 Å². The number of benzene rings is 2. The summed E-state index contributed by atoms with van der Waals surface area (Å²) in [5.74, 6) is 0.275. The summed E-state index contributed by atoms with van der Waals surface area (Å²) >= 11 is 0. The summed E-state index contributed by atoms with van der Waals surface area (Å²) in [6, 6.07) is 13.2. The molecule has 0 bridgehead atoms. The van der Waals surface area contributed by atoms with Gasteiger partial charge >= 0.3 is 0 Å². The smallest absolute Gasteiger partial charge is 0.261 e. The summed E-state index contributed by atoms with van der Waals surface area (Å²) in [6.45, 7) is 12.0. The fourth-order valence-electron chi connectivity index (χ4n) is 3.09. The van der Waals surface area contributed by atoms with Gasteiger partial charge in [-0.25, -0.2) is 0 Å². The van der Waals surface area contributed by atoms with Gasteiger partial charge in [0.15, 0.2) is 6.61 Å². The molecule has 0 aromatic heterocycles. The maximum absolute atomic E-state index is 13.1. The van der Waals surface area contributed by atoms with Gasteiger partial charge in [-0.05, 0) is 69.9 Å². The second-order valence-corrected chi connectivity index (χ2v) is 8.04. The third kappa shape index (κ3) is 6.61. The molecule has 1 N–H and O–H groups in total. The van der Waals surface area contributed by atoms with E-state index in [2.05, 4.69) is 5.32 Å². The Morgan fingerprint density at radius 2 is 1.77 bits per heavy atom. The first kappa shape index (κ1) is 23.5. The Morgan fingerprint density at radius 1 is 1.03 bits per heavy atom. The fraction of sp³-hybridized carbons (Fsp3) is 0.440. The standard InChI is InChI=1S/C25H34N2O3/c1-7-20(5)26-25(29)21(6)27(15-22-10-8-9-17(2)13-22)24(28)16-30-23-12-11-18(3)19(4)14-23/h8-14,20-21H,7,15-16H2,1-6H3,(H,26,29)/t20-,21-/m1/s1. The highest BCUT2D eigenvalue weighted by molar-refractivity contribution is 5.88. The van der Waals surface area contributed by atoms with Crippen molar-refractivity contribution in [2.75, 3.05) is 6.61 Å². The molecule has 0 spiro atoms. The van der Waals surface area contributed by atoms with E-state index < -0.39 is 6.04 Å². The van der Waals surface area contributed by atoms with Crippen molar-refractivity contribution in [3.63, 3.8) is 0 Å².